The number of nitrogens with zero attached hydrogens (tertiary/aromatic N) is 1. The molecule has 0 amide bonds. The third-order valence-electron chi connectivity index (χ3n) is 4.46. The molecule has 1 fully saturated rings. The zero-order chi connectivity index (χ0) is 13.9. The fraction of sp³-hybridized carbons (Fsp3) is 0.562. The SMILES string of the molecule is COc1ccc(CC2=NC3CCC(CN)CC3N2)cc1. The van der Waals surface area contributed by atoms with Crippen molar-refractivity contribution >= 4 is 5.84 Å². The van der Waals surface area contributed by atoms with Gasteiger partial charge in [0, 0.05) is 12.5 Å². The molecule has 0 radical (unpaired) electrons. The van der Waals surface area contributed by atoms with Crippen LogP contribution in [0.5, 0.6) is 5.75 Å². The first-order valence-corrected chi connectivity index (χ1v) is 7.44. The van der Waals surface area contributed by atoms with Crippen LogP contribution in [-0.2, 0) is 6.42 Å². The largest absolute Gasteiger partial charge is 0.497 e. The molecule has 1 aliphatic carbocycles. The molecule has 0 saturated heterocycles. The molecule has 2 aliphatic rings. The van der Waals surface area contributed by atoms with Crippen molar-refractivity contribution in [1.82, 2.24) is 5.32 Å². The maximum atomic E-state index is 5.79. The Hall–Kier alpha value is -1.55. The predicted molar refractivity (Wildman–Crippen MR) is 81.2 cm³/mol. The lowest BCUT2D eigenvalue weighted by Gasteiger charge is -2.29. The molecule has 1 aromatic carbocycles. The van der Waals surface area contributed by atoms with E-state index in [1.165, 1.54) is 18.4 Å². The van der Waals surface area contributed by atoms with Crippen molar-refractivity contribution in [3.05, 3.63) is 29.8 Å². The normalized spacial score (nSPS) is 28.5. The van der Waals surface area contributed by atoms with Crippen molar-refractivity contribution in [3.63, 3.8) is 0 Å². The Morgan fingerprint density at radius 3 is 2.80 bits per heavy atom. The summed E-state index contributed by atoms with van der Waals surface area (Å²) in [6, 6.07) is 9.18. The fourth-order valence-corrected chi connectivity index (χ4v) is 3.25. The van der Waals surface area contributed by atoms with Crippen LogP contribution in [0.4, 0.5) is 0 Å². The quantitative estimate of drug-likeness (QED) is 0.878. The highest BCUT2D eigenvalue weighted by atomic mass is 16.5. The van der Waals surface area contributed by atoms with Gasteiger partial charge in [0.25, 0.3) is 0 Å². The van der Waals surface area contributed by atoms with Crippen LogP contribution in [0.15, 0.2) is 29.3 Å². The highest BCUT2D eigenvalue weighted by Gasteiger charge is 2.34. The van der Waals surface area contributed by atoms with Crippen molar-refractivity contribution in [2.75, 3.05) is 13.7 Å². The second-order valence-corrected chi connectivity index (χ2v) is 5.83. The number of hydrogen-bond acceptors (Lipinski definition) is 4. The van der Waals surface area contributed by atoms with Crippen molar-refractivity contribution < 1.29 is 4.74 Å². The van der Waals surface area contributed by atoms with E-state index in [0.717, 1.165) is 31.0 Å². The highest BCUT2D eigenvalue weighted by molar-refractivity contribution is 5.86. The number of rotatable bonds is 4. The average molecular weight is 273 g/mol. The van der Waals surface area contributed by atoms with Crippen LogP contribution in [0.3, 0.4) is 0 Å². The molecule has 108 valence electrons. The highest BCUT2D eigenvalue weighted by Crippen LogP contribution is 2.29. The molecule has 1 saturated carbocycles. The molecule has 20 heavy (non-hydrogen) atoms. The van der Waals surface area contributed by atoms with Crippen LogP contribution in [0.25, 0.3) is 0 Å². The number of aliphatic imine (C=N–C) groups is 1. The van der Waals surface area contributed by atoms with Gasteiger partial charge in [0.1, 0.15) is 11.6 Å². The van der Waals surface area contributed by atoms with Gasteiger partial charge in [-0.25, -0.2) is 0 Å². The Bertz CT molecular complexity index is 483. The summed E-state index contributed by atoms with van der Waals surface area (Å²) >= 11 is 0. The average Bonchev–Trinajstić information content (AvgIpc) is 2.89. The summed E-state index contributed by atoms with van der Waals surface area (Å²) in [5, 5.41) is 3.60. The van der Waals surface area contributed by atoms with Gasteiger partial charge in [-0.15, -0.1) is 0 Å². The molecule has 4 heteroatoms. The molecule has 1 aromatic rings. The smallest absolute Gasteiger partial charge is 0.118 e. The monoisotopic (exact) mass is 273 g/mol. The summed E-state index contributed by atoms with van der Waals surface area (Å²) in [5.41, 5.74) is 7.06. The van der Waals surface area contributed by atoms with Crippen LogP contribution < -0.4 is 15.8 Å². The zero-order valence-electron chi connectivity index (χ0n) is 12.0. The predicted octanol–water partition coefficient (Wildman–Crippen LogP) is 1.74. The van der Waals surface area contributed by atoms with Crippen molar-refractivity contribution in [3.8, 4) is 5.75 Å². The first-order chi connectivity index (χ1) is 9.78. The Labute approximate surface area is 120 Å². The maximum Gasteiger partial charge on any atom is 0.118 e. The molecular weight excluding hydrogens is 250 g/mol. The number of nitrogens with one attached hydrogen (secondary N) is 1. The van der Waals surface area contributed by atoms with Gasteiger partial charge in [-0.3, -0.25) is 4.99 Å². The van der Waals surface area contributed by atoms with E-state index in [1.54, 1.807) is 7.11 Å². The van der Waals surface area contributed by atoms with E-state index >= 15 is 0 Å². The van der Waals surface area contributed by atoms with Crippen LogP contribution in [-0.4, -0.2) is 31.6 Å². The Morgan fingerprint density at radius 1 is 1.30 bits per heavy atom. The lowest BCUT2D eigenvalue weighted by Crippen LogP contribution is -2.41. The molecule has 3 atom stereocenters. The van der Waals surface area contributed by atoms with Crippen molar-refractivity contribution in [2.24, 2.45) is 16.6 Å². The Balaban J connectivity index is 1.61. The summed E-state index contributed by atoms with van der Waals surface area (Å²) in [6.07, 6.45) is 4.44. The third kappa shape index (κ3) is 2.80. The number of fused-ring (bicyclic) bond motifs is 1. The Kier molecular flexibility index (Phi) is 3.92. The second-order valence-electron chi connectivity index (χ2n) is 5.83. The lowest BCUT2D eigenvalue weighted by atomic mass is 9.83. The number of ether oxygens (including phenoxy) is 1. The topological polar surface area (TPSA) is 59.6 Å². The summed E-state index contributed by atoms with van der Waals surface area (Å²) in [6.45, 7) is 0.804. The van der Waals surface area contributed by atoms with Gasteiger partial charge in [0.05, 0.1) is 13.2 Å². The van der Waals surface area contributed by atoms with Gasteiger partial charge in [-0.1, -0.05) is 12.1 Å². The second kappa shape index (κ2) is 5.83. The molecule has 3 rings (SSSR count). The van der Waals surface area contributed by atoms with Gasteiger partial charge in [-0.05, 0) is 49.4 Å². The molecular formula is C16H23N3O. The van der Waals surface area contributed by atoms with E-state index in [1.807, 2.05) is 12.1 Å². The fourth-order valence-electron chi connectivity index (χ4n) is 3.25. The molecule has 4 nitrogen and oxygen atoms in total. The van der Waals surface area contributed by atoms with Crippen molar-refractivity contribution in [1.29, 1.82) is 0 Å². The number of nitrogens with two attached hydrogens (primary N) is 1. The van der Waals surface area contributed by atoms with Crippen molar-refractivity contribution in [2.45, 2.75) is 37.8 Å². The lowest BCUT2D eigenvalue weighted by molar-refractivity contribution is 0.294. The van der Waals surface area contributed by atoms with E-state index in [2.05, 4.69) is 17.4 Å². The minimum atomic E-state index is 0.464. The molecule has 3 N–H and O–H groups in total. The Morgan fingerprint density at radius 2 is 2.10 bits per heavy atom. The minimum absolute atomic E-state index is 0.464. The molecule has 1 heterocycles. The van der Waals surface area contributed by atoms with Gasteiger partial charge in [-0.2, -0.15) is 0 Å². The zero-order valence-corrected chi connectivity index (χ0v) is 12.0. The molecule has 1 aliphatic heterocycles. The van der Waals surface area contributed by atoms with Gasteiger partial charge in [0.15, 0.2) is 0 Å². The van der Waals surface area contributed by atoms with Crippen LogP contribution in [0, 0.1) is 5.92 Å². The number of amidine groups is 1. The van der Waals surface area contributed by atoms with E-state index in [-0.39, 0.29) is 0 Å². The molecule has 0 spiro atoms. The minimum Gasteiger partial charge on any atom is -0.497 e. The maximum absolute atomic E-state index is 5.79. The first kappa shape index (κ1) is 13.4. The number of hydrogen-bond donors (Lipinski definition) is 2. The van der Waals surface area contributed by atoms with Gasteiger partial charge >= 0.3 is 0 Å². The number of benzene rings is 1. The van der Waals surface area contributed by atoms with Crippen LogP contribution >= 0.6 is 0 Å². The van der Waals surface area contributed by atoms with E-state index in [4.69, 9.17) is 15.5 Å². The molecule has 3 unspecified atom stereocenters. The van der Waals surface area contributed by atoms with E-state index in [9.17, 15) is 0 Å². The summed E-state index contributed by atoms with van der Waals surface area (Å²) in [5.74, 6) is 2.69. The number of methoxy groups -OCH3 is 1. The van der Waals surface area contributed by atoms with E-state index in [0.29, 0.717) is 18.0 Å². The van der Waals surface area contributed by atoms with E-state index < -0.39 is 0 Å². The summed E-state index contributed by atoms with van der Waals surface area (Å²) < 4.78 is 5.18. The van der Waals surface area contributed by atoms with Crippen LogP contribution in [0.2, 0.25) is 0 Å². The third-order valence-corrected chi connectivity index (χ3v) is 4.46. The van der Waals surface area contributed by atoms with Gasteiger partial charge < -0.3 is 15.8 Å². The standard InChI is InChI=1S/C16H23N3O/c1-20-13-5-2-11(3-6-13)9-16-18-14-7-4-12(10-17)8-15(14)19-16/h2-3,5-6,12,14-15H,4,7-10,17H2,1H3,(H,18,19). The molecule has 0 aromatic heterocycles. The van der Waals surface area contributed by atoms with Gasteiger partial charge in [0.2, 0.25) is 0 Å². The molecule has 0 bridgehead atoms. The van der Waals surface area contributed by atoms with Crippen LogP contribution in [0.1, 0.15) is 24.8 Å². The first-order valence-electron chi connectivity index (χ1n) is 7.44. The summed E-state index contributed by atoms with van der Waals surface area (Å²) in [7, 11) is 1.69. The summed E-state index contributed by atoms with van der Waals surface area (Å²) in [4.78, 5) is 4.85.